The van der Waals surface area contributed by atoms with Crippen LogP contribution in [0.1, 0.15) is 38.2 Å². The maximum atomic E-state index is 5.20. The Labute approximate surface area is 98.0 Å². The van der Waals surface area contributed by atoms with Crippen molar-refractivity contribution in [1.29, 1.82) is 0 Å². The molecule has 1 N–H and O–H groups in total. The molecule has 2 heteroatoms. The average molecular weight is 219 g/mol. The molecule has 0 aromatic heterocycles. The molecular weight excluding hydrogens is 198 g/mol. The summed E-state index contributed by atoms with van der Waals surface area (Å²) in [6.07, 6.45) is 4.98. The lowest BCUT2D eigenvalue weighted by atomic mass is 9.84. The fraction of sp³-hybridized carbons (Fsp3) is 0.571. The van der Waals surface area contributed by atoms with Crippen molar-refractivity contribution in [2.45, 2.75) is 38.1 Å². The molecular formula is C14H21NO. The largest absolute Gasteiger partial charge is 0.497 e. The van der Waals surface area contributed by atoms with E-state index in [2.05, 4.69) is 36.5 Å². The molecule has 1 aromatic carbocycles. The van der Waals surface area contributed by atoms with Gasteiger partial charge in [0.2, 0.25) is 0 Å². The fourth-order valence-electron chi connectivity index (χ4n) is 2.75. The number of methoxy groups -OCH3 is 1. The summed E-state index contributed by atoms with van der Waals surface area (Å²) in [5, 5.41) is 3.68. The van der Waals surface area contributed by atoms with Crippen molar-refractivity contribution in [3.63, 3.8) is 0 Å². The average Bonchev–Trinajstić information content (AvgIpc) is 2.80. The Morgan fingerprint density at radius 2 is 2.06 bits per heavy atom. The Balaban J connectivity index is 2.24. The maximum absolute atomic E-state index is 5.20. The topological polar surface area (TPSA) is 21.3 Å². The van der Waals surface area contributed by atoms with Crippen molar-refractivity contribution in [2.24, 2.45) is 0 Å². The zero-order valence-corrected chi connectivity index (χ0v) is 10.3. The highest BCUT2D eigenvalue weighted by molar-refractivity contribution is 5.32. The predicted molar refractivity (Wildman–Crippen MR) is 66.8 cm³/mol. The predicted octanol–water partition coefficient (Wildman–Crippen LogP) is 3.07. The number of nitrogens with one attached hydrogen (secondary N) is 1. The minimum Gasteiger partial charge on any atom is -0.497 e. The molecule has 0 spiro atoms. The first-order valence-electron chi connectivity index (χ1n) is 6.20. The van der Waals surface area contributed by atoms with E-state index in [1.165, 1.54) is 31.2 Å². The van der Waals surface area contributed by atoms with E-state index < -0.39 is 0 Å². The lowest BCUT2D eigenvalue weighted by Crippen LogP contribution is -2.36. The van der Waals surface area contributed by atoms with Gasteiger partial charge in [-0.05, 0) is 43.5 Å². The van der Waals surface area contributed by atoms with E-state index in [-0.39, 0.29) is 5.54 Å². The first kappa shape index (κ1) is 11.5. The van der Waals surface area contributed by atoms with E-state index >= 15 is 0 Å². The highest BCUT2D eigenvalue weighted by Crippen LogP contribution is 2.35. The van der Waals surface area contributed by atoms with Crippen LogP contribution in [0.2, 0.25) is 0 Å². The summed E-state index contributed by atoms with van der Waals surface area (Å²) < 4.78 is 5.20. The molecule has 0 bridgehead atoms. The second-order valence-electron chi connectivity index (χ2n) is 4.59. The molecule has 2 nitrogen and oxygen atoms in total. The third-order valence-electron chi connectivity index (χ3n) is 3.56. The van der Waals surface area contributed by atoms with Crippen LogP contribution < -0.4 is 10.1 Å². The van der Waals surface area contributed by atoms with Crippen LogP contribution in [0.15, 0.2) is 24.3 Å². The molecule has 1 saturated heterocycles. The Hall–Kier alpha value is -1.02. The van der Waals surface area contributed by atoms with Crippen LogP contribution in [0.3, 0.4) is 0 Å². The molecule has 1 fully saturated rings. The van der Waals surface area contributed by atoms with E-state index in [4.69, 9.17) is 4.74 Å². The second kappa shape index (κ2) is 4.88. The summed E-state index contributed by atoms with van der Waals surface area (Å²) in [6, 6.07) is 8.53. The Morgan fingerprint density at radius 1 is 1.31 bits per heavy atom. The Morgan fingerprint density at radius 3 is 2.56 bits per heavy atom. The van der Waals surface area contributed by atoms with Crippen LogP contribution in [0.25, 0.3) is 0 Å². The maximum Gasteiger partial charge on any atom is 0.118 e. The molecule has 1 unspecified atom stereocenters. The molecule has 1 atom stereocenters. The minimum absolute atomic E-state index is 0.223. The smallest absolute Gasteiger partial charge is 0.118 e. The van der Waals surface area contributed by atoms with E-state index in [0.717, 1.165) is 12.3 Å². The van der Waals surface area contributed by atoms with Gasteiger partial charge in [0.05, 0.1) is 7.11 Å². The van der Waals surface area contributed by atoms with Crippen molar-refractivity contribution in [1.82, 2.24) is 5.32 Å². The normalized spacial score (nSPS) is 24.6. The van der Waals surface area contributed by atoms with Crippen LogP contribution in [0.4, 0.5) is 0 Å². The summed E-state index contributed by atoms with van der Waals surface area (Å²) >= 11 is 0. The lowest BCUT2D eigenvalue weighted by Gasteiger charge is -2.30. The number of ether oxygens (including phenoxy) is 1. The molecule has 0 amide bonds. The lowest BCUT2D eigenvalue weighted by molar-refractivity contribution is 0.354. The monoisotopic (exact) mass is 219 g/mol. The number of hydrogen-bond acceptors (Lipinski definition) is 2. The van der Waals surface area contributed by atoms with Gasteiger partial charge in [0.1, 0.15) is 5.75 Å². The quantitative estimate of drug-likeness (QED) is 0.840. The van der Waals surface area contributed by atoms with Gasteiger partial charge in [-0.25, -0.2) is 0 Å². The molecule has 88 valence electrons. The summed E-state index contributed by atoms with van der Waals surface area (Å²) in [5.41, 5.74) is 1.63. The summed E-state index contributed by atoms with van der Waals surface area (Å²) in [4.78, 5) is 0. The van der Waals surface area contributed by atoms with Crippen molar-refractivity contribution in [3.8, 4) is 5.75 Å². The van der Waals surface area contributed by atoms with E-state index in [9.17, 15) is 0 Å². The summed E-state index contributed by atoms with van der Waals surface area (Å²) in [5.74, 6) is 0.938. The second-order valence-corrected chi connectivity index (χ2v) is 4.59. The fourth-order valence-corrected chi connectivity index (χ4v) is 2.75. The molecule has 1 aliphatic heterocycles. The van der Waals surface area contributed by atoms with Gasteiger partial charge in [-0.15, -0.1) is 0 Å². The van der Waals surface area contributed by atoms with Gasteiger partial charge >= 0.3 is 0 Å². The standard InChI is InChI=1S/C14H21NO/c1-3-9-14(10-4-11-15-14)12-5-7-13(16-2)8-6-12/h5-8,15H,3-4,9-11H2,1-2H3. The third-order valence-corrected chi connectivity index (χ3v) is 3.56. The summed E-state index contributed by atoms with van der Waals surface area (Å²) in [6.45, 7) is 3.40. The first-order valence-corrected chi connectivity index (χ1v) is 6.20. The number of rotatable bonds is 4. The highest BCUT2D eigenvalue weighted by Gasteiger charge is 2.33. The molecule has 0 aliphatic carbocycles. The molecule has 0 radical (unpaired) electrons. The minimum atomic E-state index is 0.223. The van der Waals surface area contributed by atoms with Gasteiger partial charge in [0.25, 0.3) is 0 Å². The Bertz CT molecular complexity index is 325. The van der Waals surface area contributed by atoms with E-state index in [1.54, 1.807) is 7.11 Å². The molecule has 1 heterocycles. The highest BCUT2D eigenvalue weighted by atomic mass is 16.5. The molecule has 1 aliphatic rings. The van der Waals surface area contributed by atoms with Crippen molar-refractivity contribution in [3.05, 3.63) is 29.8 Å². The molecule has 0 saturated carbocycles. The van der Waals surface area contributed by atoms with Gasteiger partial charge < -0.3 is 10.1 Å². The van der Waals surface area contributed by atoms with Gasteiger partial charge in [-0.1, -0.05) is 25.5 Å². The van der Waals surface area contributed by atoms with Crippen molar-refractivity contribution < 1.29 is 4.74 Å². The van der Waals surface area contributed by atoms with E-state index in [1.807, 2.05) is 0 Å². The third kappa shape index (κ3) is 2.07. The zero-order valence-electron chi connectivity index (χ0n) is 10.3. The summed E-state index contributed by atoms with van der Waals surface area (Å²) in [7, 11) is 1.71. The van der Waals surface area contributed by atoms with Gasteiger partial charge in [0.15, 0.2) is 0 Å². The first-order chi connectivity index (χ1) is 7.80. The Kier molecular flexibility index (Phi) is 3.49. The van der Waals surface area contributed by atoms with Crippen LogP contribution in [-0.4, -0.2) is 13.7 Å². The number of benzene rings is 1. The van der Waals surface area contributed by atoms with Crippen LogP contribution in [-0.2, 0) is 5.54 Å². The number of hydrogen-bond donors (Lipinski definition) is 1. The van der Waals surface area contributed by atoms with Gasteiger partial charge in [0, 0.05) is 5.54 Å². The van der Waals surface area contributed by atoms with Gasteiger partial charge in [-0.2, -0.15) is 0 Å². The van der Waals surface area contributed by atoms with Crippen LogP contribution in [0, 0.1) is 0 Å². The van der Waals surface area contributed by atoms with Crippen molar-refractivity contribution >= 4 is 0 Å². The van der Waals surface area contributed by atoms with Crippen LogP contribution >= 0.6 is 0 Å². The van der Waals surface area contributed by atoms with Crippen LogP contribution in [0.5, 0.6) is 5.75 Å². The molecule has 1 aromatic rings. The SMILES string of the molecule is CCCC1(c2ccc(OC)cc2)CCCN1. The van der Waals surface area contributed by atoms with Crippen molar-refractivity contribution in [2.75, 3.05) is 13.7 Å². The molecule has 16 heavy (non-hydrogen) atoms. The molecule has 2 rings (SSSR count). The zero-order chi connectivity index (χ0) is 11.4. The van der Waals surface area contributed by atoms with E-state index in [0.29, 0.717) is 0 Å². The van der Waals surface area contributed by atoms with Gasteiger partial charge in [-0.3, -0.25) is 0 Å².